The van der Waals surface area contributed by atoms with E-state index in [2.05, 4.69) is 5.32 Å². The summed E-state index contributed by atoms with van der Waals surface area (Å²) in [6.07, 6.45) is 2.46. The van der Waals surface area contributed by atoms with Crippen LogP contribution in [0.5, 0.6) is 0 Å². The molecule has 1 aliphatic rings. The number of hydrogen-bond acceptors (Lipinski definition) is 2. The molecule has 1 atom stereocenters. The third kappa shape index (κ3) is 3.37. The summed E-state index contributed by atoms with van der Waals surface area (Å²) < 4.78 is 31.9. The Hall–Kier alpha value is -1.26. The van der Waals surface area contributed by atoms with Crippen LogP contribution in [0.3, 0.4) is 0 Å². The normalized spacial score (nSPS) is 21.1. The standard InChI is InChI=1S/C14H17F2NO/c1-10(8-12-9-18-6-5-17-12)7-11-3-2-4-13(15)14(11)16/h2-4,7,12,17H,5-6,8-9H2,1H3/b10-7-. The molecule has 1 aromatic carbocycles. The summed E-state index contributed by atoms with van der Waals surface area (Å²) in [4.78, 5) is 0. The second-order valence-electron chi connectivity index (χ2n) is 4.56. The second kappa shape index (κ2) is 6.07. The van der Waals surface area contributed by atoms with E-state index in [1.807, 2.05) is 6.92 Å². The number of nitrogens with one attached hydrogen (secondary N) is 1. The first kappa shape index (κ1) is 13.2. The van der Waals surface area contributed by atoms with Crippen LogP contribution < -0.4 is 5.32 Å². The molecule has 1 aliphatic heterocycles. The molecule has 2 rings (SSSR count). The SMILES string of the molecule is C/C(=C/c1cccc(F)c1F)CC1COCCN1. The van der Waals surface area contributed by atoms with Crippen molar-refractivity contribution >= 4 is 6.08 Å². The fraction of sp³-hybridized carbons (Fsp3) is 0.429. The Morgan fingerprint density at radius 1 is 1.50 bits per heavy atom. The lowest BCUT2D eigenvalue weighted by atomic mass is 10.0. The Morgan fingerprint density at radius 3 is 3.06 bits per heavy atom. The van der Waals surface area contributed by atoms with Gasteiger partial charge < -0.3 is 10.1 Å². The van der Waals surface area contributed by atoms with Crippen LogP contribution in [0.25, 0.3) is 6.08 Å². The van der Waals surface area contributed by atoms with Crippen molar-refractivity contribution in [1.82, 2.24) is 5.32 Å². The van der Waals surface area contributed by atoms with Crippen molar-refractivity contribution in [3.63, 3.8) is 0 Å². The summed E-state index contributed by atoms with van der Waals surface area (Å²) in [6.45, 7) is 4.15. The molecule has 0 aromatic heterocycles. The first-order valence-electron chi connectivity index (χ1n) is 6.09. The number of rotatable bonds is 3. The zero-order valence-corrected chi connectivity index (χ0v) is 10.4. The van der Waals surface area contributed by atoms with Gasteiger partial charge in [0.15, 0.2) is 11.6 Å². The molecular weight excluding hydrogens is 236 g/mol. The van der Waals surface area contributed by atoms with Crippen molar-refractivity contribution in [3.8, 4) is 0 Å². The highest BCUT2D eigenvalue weighted by Crippen LogP contribution is 2.17. The van der Waals surface area contributed by atoms with Crippen molar-refractivity contribution in [1.29, 1.82) is 0 Å². The van der Waals surface area contributed by atoms with Gasteiger partial charge in [-0.2, -0.15) is 0 Å². The van der Waals surface area contributed by atoms with Gasteiger partial charge in [-0.1, -0.05) is 23.8 Å². The molecular formula is C14H17F2NO. The molecule has 98 valence electrons. The zero-order chi connectivity index (χ0) is 13.0. The number of morpholine rings is 1. The Labute approximate surface area is 106 Å². The minimum atomic E-state index is -0.810. The molecule has 0 radical (unpaired) electrons. The molecule has 2 nitrogen and oxygen atoms in total. The van der Waals surface area contributed by atoms with Gasteiger partial charge in [0.2, 0.25) is 0 Å². The van der Waals surface area contributed by atoms with E-state index >= 15 is 0 Å². The van der Waals surface area contributed by atoms with Gasteiger partial charge in [0.1, 0.15) is 0 Å². The quantitative estimate of drug-likeness (QED) is 0.894. The molecule has 18 heavy (non-hydrogen) atoms. The van der Waals surface area contributed by atoms with Crippen LogP contribution in [0.15, 0.2) is 23.8 Å². The van der Waals surface area contributed by atoms with Crippen LogP contribution >= 0.6 is 0 Å². The summed E-state index contributed by atoms with van der Waals surface area (Å²) in [5, 5.41) is 3.33. The fourth-order valence-electron chi connectivity index (χ4n) is 2.10. The van der Waals surface area contributed by atoms with Gasteiger partial charge in [-0.05, 0) is 19.4 Å². The predicted molar refractivity (Wildman–Crippen MR) is 67.2 cm³/mol. The molecule has 0 saturated carbocycles. The maximum Gasteiger partial charge on any atom is 0.166 e. The van der Waals surface area contributed by atoms with Crippen LogP contribution in [-0.2, 0) is 4.74 Å². The van der Waals surface area contributed by atoms with Crippen molar-refractivity contribution in [2.45, 2.75) is 19.4 Å². The largest absolute Gasteiger partial charge is 0.379 e. The van der Waals surface area contributed by atoms with E-state index < -0.39 is 11.6 Å². The third-order valence-electron chi connectivity index (χ3n) is 2.95. The van der Waals surface area contributed by atoms with Crippen LogP contribution in [0.1, 0.15) is 18.9 Å². The van der Waals surface area contributed by atoms with Gasteiger partial charge in [-0.15, -0.1) is 0 Å². The van der Waals surface area contributed by atoms with Crippen LogP contribution in [0.4, 0.5) is 8.78 Å². The molecule has 0 bridgehead atoms. The zero-order valence-electron chi connectivity index (χ0n) is 10.4. The van der Waals surface area contributed by atoms with E-state index in [9.17, 15) is 8.78 Å². The number of ether oxygens (including phenoxy) is 1. The smallest absolute Gasteiger partial charge is 0.166 e. The van der Waals surface area contributed by atoms with Crippen molar-refractivity contribution in [2.24, 2.45) is 0 Å². The molecule has 1 aromatic rings. The van der Waals surface area contributed by atoms with E-state index in [0.29, 0.717) is 12.2 Å². The molecule has 1 fully saturated rings. The maximum atomic E-state index is 13.5. The monoisotopic (exact) mass is 253 g/mol. The Balaban J connectivity index is 2.05. The highest BCUT2D eigenvalue weighted by atomic mass is 19.2. The lowest BCUT2D eigenvalue weighted by Gasteiger charge is -2.24. The average molecular weight is 253 g/mol. The van der Waals surface area contributed by atoms with Crippen LogP contribution in [0.2, 0.25) is 0 Å². The Bertz CT molecular complexity index is 439. The van der Waals surface area contributed by atoms with E-state index in [1.54, 1.807) is 12.1 Å². The summed E-state index contributed by atoms with van der Waals surface area (Å²) in [7, 11) is 0. The maximum absolute atomic E-state index is 13.5. The van der Waals surface area contributed by atoms with Crippen molar-refractivity contribution < 1.29 is 13.5 Å². The topological polar surface area (TPSA) is 21.3 Å². The molecule has 0 amide bonds. The number of hydrogen-bond donors (Lipinski definition) is 1. The minimum Gasteiger partial charge on any atom is -0.379 e. The number of halogens is 2. The van der Waals surface area contributed by atoms with E-state index in [1.165, 1.54) is 6.07 Å². The Morgan fingerprint density at radius 2 is 2.33 bits per heavy atom. The fourth-order valence-corrected chi connectivity index (χ4v) is 2.10. The van der Waals surface area contributed by atoms with Gasteiger partial charge in [-0.25, -0.2) is 8.78 Å². The first-order chi connectivity index (χ1) is 8.66. The predicted octanol–water partition coefficient (Wildman–Crippen LogP) is 2.75. The average Bonchev–Trinajstić information content (AvgIpc) is 2.36. The van der Waals surface area contributed by atoms with Crippen LogP contribution in [-0.4, -0.2) is 25.8 Å². The molecule has 0 spiro atoms. The molecule has 1 heterocycles. The summed E-state index contributed by atoms with van der Waals surface area (Å²) in [5.74, 6) is -1.60. The third-order valence-corrected chi connectivity index (χ3v) is 2.95. The van der Waals surface area contributed by atoms with Gasteiger partial charge in [0.25, 0.3) is 0 Å². The van der Waals surface area contributed by atoms with Crippen LogP contribution in [0, 0.1) is 11.6 Å². The Kier molecular flexibility index (Phi) is 4.44. The van der Waals surface area contributed by atoms with E-state index in [4.69, 9.17) is 4.74 Å². The van der Waals surface area contributed by atoms with Crippen molar-refractivity contribution in [3.05, 3.63) is 41.0 Å². The van der Waals surface area contributed by atoms with E-state index in [-0.39, 0.29) is 6.04 Å². The molecule has 4 heteroatoms. The van der Waals surface area contributed by atoms with Gasteiger partial charge in [0, 0.05) is 18.2 Å². The highest BCUT2D eigenvalue weighted by Gasteiger charge is 2.13. The summed E-state index contributed by atoms with van der Waals surface area (Å²) >= 11 is 0. The summed E-state index contributed by atoms with van der Waals surface area (Å²) in [6, 6.07) is 4.47. The molecule has 1 unspecified atom stereocenters. The van der Waals surface area contributed by atoms with E-state index in [0.717, 1.165) is 31.2 Å². The second-order valence-corrected chi connectivity index (χ2v) is 4.56. The van der Waals surface area contributed by atoms with Gasteiger partial charge in [-0.3, -0.25) is 0 Å². The van der Waals surface area contributed by atoms with Gasteiger partial charge >= 0.3 is 0 Å². The lowest BCUT2D eigenvalue weighted by molar-refractivity contribution is 0.0771. The van der Waals surface area contributed by atoms with Gasteiger partial charge in [0.05, 0.1) is 13.2 Å². The minimum absolute atomic E-state index is 0.256. The first-order valence-corrected chi connectivity index (χ1v) is 6.09. The molecule has 0 aliphatic carbocycles. The lowest BCUT2D eigenvalue weighted by Crippen LogP contribution is -2.41. The molecule has 1 N–H and O–H groups in total. The molecule has 1 saturated heterocycles. The van der Waals surface area contributed by atoms with Crippen molar-refractivity contribution in [2.75, 3.05) is 19.8 Å². The highest BCUT2D eigenvalue weighted by molar-refractivity contribution is 5.53. The summed E-state index contributed by atoms with van der Waals surface area (Å²) in [5.41, 5.74) is 1.30. The number of benzene rings is 1.